The summed E-state index contributed by atoms with van der Waals surface area (Å²) >= 11 is 3.52. The quantitative estimate of drug-likeness (QED) is 0.113. The lowest BCUT2D eigenvalue weighted by Gasteiger charge is -2.37. The summed E-state index contributed by atoms with van der Waals surface area (Å²) < 4.78 is 26.3. The highest BCUT2D eigenvalue weighted by Gasteiger charge is 2.43. The molecule has 14 heteroatoms. The molecule has 6 rings (SSSR count). The van der Waals surface area contributed by atoms with Crippen molar-refractivity contribution in [2.45, 2.75) is 58.2 Å². The maximum absolute atomic E-state index is 12.8. The van der Waals surface area contributed by atoms with Gasteiger partial charge in [-0.15, -0.1) is 0 Å². The minimum atomic E-state index is -1.12. The number of aliphatic hydroxyl groups excluding tert-OH is 1. The smallest absolute Gasteiger partial charge is 0.233 e. The van der Waals surface area contributed by atoms with Crippen molar-refractivity contribution in [3.8, 4) is 11.5 Å². The average Bonchev–Trinajstić information content (AvgIpc) is 3.70. The fraction of sp³-hybridized carbons (Fsp3) is 0.359. The van der Waals surface area contributed by atoms with Gasteiger partial charge >= 0.3 is 0 Å². The van der Waals surface area contributed by atoms with Gasteiger partial charge in [0.05, 0.1) is 32.3 Å². The van der Waals surface area contributed by atoms with E-state index in [2.05, 4.69) is 41.6 Å². The van der Waals surface area contributed by atoms with Crippen molar-refractivity contribution < 1.29 is 33.6 Å². The molecule has 278 valence electrons. The van der Waals surface area contributed by atoms with Gasteiger partial charge in [-0.25, -0.2) is 4.68 Å². The summed E-state index contributed by atoms with van der Waals surface area (Å²) in [7, 11) is 3.24. The Morgan fingerprint density at radius 2 is 1.42 bits per heavy atom. The van der Waals surface area contributed by atoms with E-state index in [4.69, 9.17) is 18.9 Å². The molecule has 53 heavy (non-hydrogen) atoms. The van der Waals surface area contributed by atoms with E-state index >= 15 is 0 Å². The predicted octanol–water partition coefficient (Wildman–Crippen LogP) is 6.45. The molecule has 0 bridgehead atoms. The van der Waals surface area contributed by atoms with E-state index in [1.54, 1.807) is 41.9 Å². The predicted molar refractivity (Wildman–Crippen MR) is 203 cm³/mol. The van der Waals surface area contributed by atoms with Crippen LogP contribution >= 0.6 is 15.9 Å². The van der Waals surface area contributed by atoms with E-state index in [0.717, 1.165) is 16.7 Å². The molecule has 0 radical (unpaired) electrons. The van der Waals surface area contributed by atoms with Crippen LogP contribution in [-0.2, 0) is 24.7 Å². The van der Waals surface area contributed by atoms with Gasteiger partial charge in [0.2, 0.25) is 17.8 Å². The number of anilines is 2. The van der Waals surface area contributed by atoms with E-state index in [1.807, 2.05) is 78.9 Å². The van der Waals surface area contributed by atoms with Crippen LogP contribution in [0.1, 0.15) is 57.0 Å². The fourth-order valence-electron chi connectivity index (χ4n) is 6.15. The Morgan fingerprint density at radius 1 is 0.868 bits per heavy atom. The van der Waals surface area contributed by atoms with Crippen LogP contribution < -0.4 is 20.1 Å². The minimum absolute atomic E-state index is 0.00559. The normalized spacial score (nSPS) is 17.4. The number of amides is 2. The van der Waals surface area contributed by atoms with Crippen molar-refractivity contribution in [2.24, 2.45) is 11.8 Å². The van der Waals surface area contributed by atoms with Gasteiger partial charge in [-0.2, -0.15) is 15.1 Å². The minimum Gasteiger partial charge on any atom is -0.497 e. The number of halogens is 1. The highest BCUT2D eigenvalue weighted by Crippen LogP contribution is 2.43. The number of rotatable bonds is 13. The van der Waals surface area contributed by atoms with Gasteiger partial charge in [0, 0.05) is 18.3 Å². The third kappa shape index (κ3) is 7.77. The molecule has 3 atom stereocenters. The van der Waals surface area contributed by atoms with E-state index in [0.29, 0.717) is 27.1 Å². The molecule has 1 saturated heterocycles. The van der Waals surface area contributed by atoms with Gasteiger partial charge < -0.3 is 29.4 Å². The molecule has 3 aromatic carbocycles. The first-order valence-electron chi connectivity index (χ1n) is 17.3. The third-order valence-electron chi connectivity index (χ3n) is 9.15. The summed E-state index contributed by atoms with van der Waals surface area (Å²) in [6.45, 7) is 7.02. The molecule has 5 aromatic rings. The average molecular weight is 788 g/mol. The standard InChI is InChI=1S/C39H43BrN6O7/c1-22(2)36(48)41-34-32-33(40)45-46(35(32)43-38(42-34)44-37(49)23(3)4)31-20-29(47)30(53-31)21-52-39(24-10-8-7-9-11-24,25-12-16-27(50-5)17-13-25)26-14-18-28(51-6)19-15-26/h7-19,22-23,29-31,47H,20-21H2,1-6H3,(H2,41,42,43,44,48,49)/t29-,30+,31-/m0/s1. The second-order valence-corrected chi connectivity index (χ2v) is 14.1. The largest absolute Gasteiger partial charge is 0.497 e. The number of nitrogens with one attached hydrogen (secondary N) is 2. The van der Waals surface area contributed by atoms with Gasteiger partial charge in [0.25, 0.3) is 0 Å². The Labute approximate surface area is 316 Å². The fourth-order valence-corrected chi connectivity index (χ4v) is 6.69. The van der Waals surface area contributed by atoms with E-state index < -0.39 is 24.0 Å². The maximum atomic E-state index is 12.8. The molecule has 0 unspecified atom stereocenters. The first kappa shape index (κ1) is 37.9. The molecule has 0 saturated carbocycles. The summed E-state index contributed by atoms with van der Waals surface area (Å²) in [5.74, 6) is 0.321. The summed E-state index contributed by atoms with van der Waals surface area (Å²) in [4.78, 5) is 34.5. The lowest BCUT2D eigenvalue weighted by Crippen LogP contribution is -2.38. The SMILES string of the molecule is COc1ccc(C(OC[C@H]2O[C@H](n3nc(Br)c4c(NC(=O)C(C)C)nc(NC(=O)C(C)C)nc43)C[C@@H]2O)(c2ccccc2)c2ccc(OC)cc2)cc1. The molecule has 0 spiro atoms. The third-order valence-corrected chi connectivity index (χ3v) is 9.70. The topological polar surface area (TPSA) is 159 Å². The van der Waals surface area contributed by atoms with Crippen molar-refractivity contribution in [3.05, 3.63) is 100 Å². The molecule has 13 nitrogen and oxygen atoms in total. The zero-order chi connectivity index (χ0) is 37.9. The van der Waals surface area contributed by atoms with Crippen LogP contribution in [0.25, 0.3) is 11.0 Å². The Kier molecular flexibility index (Phi) is 11.4. The summed E-state index contributed by atoms with van der Waals surface area (Å²) in [5.41, 5.74) is 1.71. The second-order valence-electron chi connectivity index (χ2n) is 13.4. The van der Waals surface area contributed by atoms with Crippen molar-refractivity contribution in [2.75, 3.05) is 31.5 Å². The Bertz CT molecular complexity index is 2010. The number of aromatic nitrogens is 4. The zero-order valence-electron chi connectivity index (χ0n) is 30.4. The summed E-state index contributed by atoms with van der Waals surface area (Å²) in [6, 6.07) is 25.2. The summed E-state index contributed by atoms with van der Waals surface area (Å²) in [5, 5.41) is 22.1. The van der Waals surface area contributed by atoms with Gasteiger partial charge in [-0.1, -0.05) is 82.3 Å². The van der Waals surface area contributed by atoms with E-state index in [9.17, 15) is 14.7 Å². The number of fused-ring (bicyclic) bond motifs is 1. The molecular formula is C39H43BrN6O7. The molecule has 2 amide bonds. The number of aliphatic hydroxyl groups is 1. The molecule has 3 N–H and O–H groups in total. The van der Waals surface area contributed by atoms with Crippen molar-refractivity contribution in [1.82, 2.24) is 19.7 Å². The highest BCUT2D eigenvalue weighted by molar-refractivity contribution is 9.10. The van der Waals surface area contributed by atoms with Crippen LogP contribution in [0.4, 0.5) is 11.8 Å². The van der Waals surface area contributed by atoms with Gasteiger partial charge in [-0.3, -0.25) is 14.9 Å². The molecule has 3 heterocycles. The van der Waals surface area contributed by atoms with Crippen LogP contribution in [0.15, 0.2) is 83.5 Å². The second kappa shape index (κ2) is 16.0. The summed E-state index contributed by atoms with van der Waals surface area (Å²) in [6.07, 6.45) is -2.34. The lowest BCUT2D eigenvalue weighted by molar-refractivity contribution is -0.119. The number of carbonyl (C=O) groups excluding carboxylic acids is 2. The number of hydrogen-bond acceptors (Lipinski definition) is 10. The molecule has 1 fully saturated rings. The Morgan fingerprint density at radius 3 is 1.96 bits per heavy atom. The van der Waals surface area contributed by atoms with Crippen molar-refractivity contribution >= 4 is 50.5 Å². The molecule has 1 aliphatic heterocycles. The van der Waals surface area contributed by atoms with Crippen molar-refractivity contribution in [3.63, 3.8) is 0 Å². The van der Waals surface area contributed by atoms with Crippen LogP contribution in [0.5, 0.6) is 11.5 Å². The number of hydrogen-bond donors (Lipinski definition) is 3. The number of benzene rings is 3. The first-order chi connectivity index (χ1) is 25.4. The van der Waals surface area contributed by atoms with E-state index in [1.165, 1.54) is 4.68 Å². The van der Waals surface area contributed by atoms with Gasteiger partial charge in [-0.05, 0) is 56.9 Å². The van der Waals surface area contributed by atoms with Gasteiger partial charge in [0.1, 0.15) is 27.8 Å². The zero-order valence-corrected chi connectivity index (χ0v) is 32.0. The number of methoxy groups -OCH3 is 2. The molecule has 2 aromatic heterocycles. The first-order valence-corrected chi connectivity index (χ1v) is 18.1. The van der Waals surface area contributed by atoms with E-state index in [-0.39, 0.29) is 48.4 Å². The van der Waals surface area contributed by atoms with Gasteiger partial charge in [0.15, 0.2) is 17.7 Å². The Balaban J connectivity index is 1.37. The van der Waals surface area contributed by atoms with Crippen LogP contribution in [0, 0.1) is 11.8 Å². The molecule has 1 aliphatic rings. The van der Waals surface area contributed by atoms with Crippen LogP contribution in [0.2, 0.25) is 0 Å². The van der Waals surface area contributed by atoms with Crippen molar-refractivity contribution in [1.29, 1.82) is 0 Å². The number of carbonyl (C=O) groups is 2. The number of ether oxygens (including phenoxy) is 4. The highest BCUT2D eigenvalue weighted by atomic mass is 79.9. The monoisotopic (exact) mass is 786 g/mol. The van der Waals surface area contributed by atoms with Crippen LogP contribution in [-0.4, -0.2) is 69.7 Å². The Hall–Kier alpha value is -4.89. The van der Waals surface area contributed by atoms with Crippen LogP contribution in [0.3, 0.4) is 0 Å². The number of nitrogens with zero attached hydrogens (tertiary/aromatic N) is 4. The maximum Gasteiger partial charge on any atom is 0.233 e. The lowest BCUT2D eigenvalue weighted by atomic mass is 9.80. The molecular weight excluding hydrogens is 744 g/mol. The molecule has 0 aliphatic carbocycles.